The van der Waals surface area contributed by atoms with E-state index >= 15 is 0 Å². The molecule has 0 radical (unpaired) electrons. The van der Waals surface area contributed by atoms with Gasteiger partial charge in [0, 0.05) is 20.3 Å². The topological polar surface area (TPSA) is 73.7 Å². The lowest BCUT2D eigenvalue weighted by Gasteiger charge is -2.18. The zero-order valence-electron chi connectivity index (χ0n) is 10.8. The zero-order valence-corrected chi connectivity index (χ0v) is 10.8. The van der Waals surface area contributed by atoms with Crippen LogP contribution < -0.4 is 4.90 Å². The molecule has 0 aliphatic rings. The fourth-order valence-corrected chi connectivity index (χ4v) is 1.43. The van der Waals surface area contributed by atoms with E-state index in [9.17, 15) is 9.59 Å². The van der Waals surface area contributed by atoms with Crippen LogP contribution >= 0.6 is 0 Å². The number of amides is 1. The minimum Gasteiger partial charge on any atom is -0.480 e. The van der Waals surface area contributed by atoms with Crippen LogP contribution in [-0.2, 0) is 4.79 Å². The number of carbonyl (C=O) groups excluding carboxylic acids is 1. The third-order valence-corrected chi connectivity index (χ3v) is 2.35. The lowest BCUT2D eigenvalue weighted by Crippen LogP contribution is -2.36. The van der Waals surface area contributed by atoms with Gasteiger partial charge in [0.05, 0.1) is 12.1 Å². The Labute approximate surface area is 111 Å². The number of carboxylic acid groups (broad SMARTS) is 1. The average molecular weight is 261 g/mol. The van der Waals surface area contributed by atoms with Crippen molar-refractivity contribution in [1.82, 2.24) is 9.88 Å². The van der Waals surface area contributed by atoms with Crippen LogP contribution in [0.15, 0.2) is 18.3 Å². The molecule has 0 aliphatic heterocycles. The maximum absolute atomic E-state index is 12.1. The Morgan fingerprint density at radius 3 is 2.53 bits per heavy atom. The minimum atomic E-state index is -1.11. The number of terminal acetylenes is 1. The number of carboxylic acids is 1. The van der Waals surface area contributed by atoms with Gasteiger partial charge in [-0.25, -0.2) is 4.98 Å². The molecule has 1 amide bonds. The summed E-state index contributed by atoms with van der Waals surface area (Å²) in [6.07, 6.45) is 6.53. The van der Waals surface area contributed by atoms with Gasteiger partial charge in [-0.2, -0.15) is 0 Å². The van der Waals surface area contributed by atoms with E-state index in [0.29, 0.717) is 11.4 Å². The number of rotatable bonds is 5. The van der Waals surface area contributed by atoms with E-state index in [1.165, 1.54) is 6.20 Å². The first kappa shape index (κ1) is 14.5. The Bertz CT molecular complexity index is 503. The number of pyridine rings is 1. The highest BCUT2D eigenvalue weighted by molar-refractivity contribution is 5.95. The molecule has 1 N–H and O–H groups in total. The van der Waals surface area contributed by atoms with E-state index < -0.39 is 18.4 Å². The molecule has 0 unspecified atom stereocenters. The Morgan fingerprint density at radius 2 is 2.11 bits per heavy atom. The highest BCUT2D eigenvalue weighted by atomic mass is 16.4. The molecule has 1 aromatic rings. The molecule has 0 bridgehead atoms. The standard InChI is InChI=1S/C13H15N3O3/c1-4-7-16(9-12(17)18)13(19)10-5-6-11(14-8-10)15(2)3/h1,5-6,8H,7,9H2,2-3H3,(H,17,18). The monoisotopic (exact) mass is 261 g/mol. The molecule has 1 heterocycles. The van der Waals surface area contributed by atoms with E-state index in [-0.39, 0.29) is 6.54 Å². The third kappa shape index (κ3) is 4.00. The van der Waals surface area contributed by atoms with Gasteiger partial charge in [-0.3, -0.25) is 9.59 Å². The van der Waals surface area contributed by atoms with Gasteiger partial charge >= 0.3 is 5.97 Å². The molecule has 19 heavy (non-hydrogen) atoms. The number of hydrogen-bond donors (Lipinski definition) is 1. The summed E-state index contributed by atoms with van der Waals surface area (Å²) in [7, 11) is 3.66. The Hall–Kier alpha value is -2.55. The summed E-state index contributed by atoms with van der Waals surface area (Å²) in [6.45, 7) is -0.487. The second-order valence-corrected chi connectivity index (χ2v) is 4.06. The largest absolute Gasteiger partial charge is 0.480 e. The number of nitrogens with zero attached hydrogens (tertiary/aromatic N) is 3. The van der Waals surface area contributed by atoms with Crippen LogP contribution in [0.5, 0.6) is 0 Å². The van der Waals surface area contributed by atoms with Gasteiger partial charge in [-0.05, 0) is 12.1 Å². The van der Waals surface area contributed by atoms with E-state index in [0.717, 1.165) is 4.90 Å². The quantitative estimate of drug-likeness (QED) is 0.772. The summed E-state index contributed by atoms with van der Waals surface area (Å²) in [5, 5.41) is 8.74. The molecule has 0 spiro atoms. The summed E-state index contributed by atoms with van der Waals surface area (Å²) in [5.74, 6) is 1.42. The van der Waals surface area contributed by atoms with Crippen LogP contribution in [0.1, 0.15) is 10.4 Å². The van der Waals surface area contributed by atoms with Gasteiger partial charge in [0.1, 0.15) is 12.4 Å². The van der Waals surface area contributed by atoms with Crippen molar-refractivity contribution in [2.75, 3.05) is 32.1 Å². The van der Waals surface area contributed by atoms with Crippen LogP contribution in [-0.4, -0.2) is 54.1 Å². The van der Waals surface area contributed by atoms with Gasteiger partial charge in [-0.15, -0.1) is 6.42 Å². The smallest absolute Gasteiger partial charge is 0.323 e. The second kappa shape index (κ2) is 6.40. The van der Waals surface area contributed by atoms with Crippen LogP contribution in [0.4, 0.5) is 5.82 Å². The van der Waals surface area contributed by atoms with Crippen molar-refractivity contribution in [2.24, 2.45) is 0 Å². The van der Waals surface area contributed by atoms with Crippen molar-refractivity contribution in [2.45, 2.75) is 0 Å². The molecule has 0 aliphatic carbocycles. The van der Waals surface area contributed by atoms with E-state index in [2.05, 4.69) is 10.9 Å². The number of hydrogen-bond acceptors (Lipinski definition) is 4. The molecular weight excluding hydrogens is 246 g/mol. The van der Waals surface area contributed by atoms with Crippen molar-refractivity contribution in [3.63, 3.8) is 0 Å². The van der Waals surface area contributed by atoms with Gasteiger partial charge in [0.15, 0.2) is 0 Å². The molecular formula is C13H15N3O3. The van der Waals surface area contributed by atoms with Crippen molar-refractivity contribution in [3.8, 4) is 12.3 Å². The van der Waals surface area contributed by atoms with Gasteiger partial charge in [-0.1, -0.05) is 5.92 Å². The molecule has 0 saturated heterocycles. The SMILES string of the molecule is C#CCN(CC(=O)O)C(=O)c1ccc(N(C)C)nc1. The van der Waals surface area contributed by atoms with Gasteiger partial charge < -0.3 is 14.9 Å². The molecule has 100 valence electrons. The molecule has 0 saturated carbocycles. The van der Waals surface area contributed by atoms with E-state index in [1.807, 2.05) is 14.1 Å². The Balaban J connectivity index is 2.90. The highest BCUT2D eigenvalue weighted by Crippen LogP contribution is 2.10. The van der Waals surface area contributed by atoms with Crippen molar-refractivity contribution < 1.29 is 14.7 Å². The third-order valence-electron chi connectivity index (χ3n) is 2.35. The Kier molecular flexibility index (Phi) is 4.89. The number of aromatic nitrogens is 1. The van der Waals surface area contributed by atoms with Crippen molar-refractivity contribution >= 4 is 17.7 Å². The first-order chi connectivity index (χ1) is 8.95. The van der Waals surface area contributed by atoms with Gasteiger partial charge in [0.2, 0.25) is 0 Å². The molecule has 6 nitrogen and oxygen atoms in total. The second-order valence-electron chi connectivity index (χ2n) is 4.06. The van der Waals surface area contributed by atoms with Crippen LogP contribution in [0.3, 0.4) is 0 Å². The first-order valence-corrected chi connectivity index (χ1v) is 5.53. The lowest BCUT2D eigenvalue weighted by atomic mass is 10.2. The summed E-state index contributed by atoms with van der Waals surface area (Å²) < 4.78 is 0. The van der Waals surface area contributed by atoms with Crippen LogP contribution in [0.2, 0.25) is 0 Å². The number of carbonyl (C=O) groups is 2. The maximum atomic E-state index is 12.1. The average Bonchev–Trinajstić information content (AvgIpc) is 2.37. The fourth-order valence-electron chi connectivity index (χ4n) is 1.43. The van der Waals surface area contributed by atoms with Crippen LogP contribution in [0.25, 0.3) is 0 Å². The van der Waals surface area contributed by atoms with Crippen molar-refractivity contribution in [1.29, 1.82) is 0 Å². The lowest BCUT2D eigenvalue weighted by molar-refractivity contribution is -0.137. The molecule has 0 fully saturated rings. The molecule has 6 heteroatoms. The zero-order chi connectivity index (χ0) is 14.4. The van der Waals surface area contributed by atoms with Gasteiger partial charge in [0.25, 0.3) is 5.91 Å². The number of anilines is 1. The normalized spacial score (nSPS) is 9.53. The Morgan fingerprint density at radius 1 is 1.42 bits per heavy atom. The van der Waals surface area contributed by atoms with Crippen LogP contribution in [0, 0.1) is 12.3 Å². The summed E-state index contributed by atoms with van der Waals surface area (Å²) in [4.78, 5) is 29.7. The summed E-state index contributed by atoms with van der Waals surface area (Å²) in [5.41, 5.74) is 0.308. The first-order valence-electron chi connectivity index (χ1n) is 5.53. The summed E-state index contributed by atoms with van der Waals surface area (Å²) >= 11 is 0. The maximum Gasteiger partial charge on any atom is 0.323 e. The highest BCUT2D eigenvalue weighted by Gasteiger charge is 2.18. The fraction of sp³-hybridized carbons (Fsp3) is 0.308. The predicted octanol–water partition coefficient (Wildman–Crippen LogP) is 0.308. The minimum absolute atomic E-state index is 0.0550. The molecule has 1 rings (SSSR count). The van der Waals surface area contributed by atoms with E-state index in [4.69, 9.17) is 11.5 Å². The van der Waals surface area contributed by atoms with E-state index in [1.54, 1.807) is 17.0 Å². The molecule has 1 aromatic heterocycles. The summed E-state index contributed by atoms with van der Waals surface area (Å²) in [6, 6.07) is 3.28. The van der Waals surface area contributed by atoms with Crippen molar-refractivity contribution in [3.05, 3.63) is 23.9 Å². The number of aliphatic carboxylic acids is 1. The molecule has 0 aromatic carbocycles. The molecule has 0 atom stereocenters. The predicted molar refractivity (Wildman–Crippen MR) is 70.9 cm³/mol.